The van der Waals surface area contributed by atoms with Crippen LogP contribution >= 0.6 is 12.4 Å². The van der Waals surface area contributed by atoms with Crippen LogP contribution in [0.25, 0.3) is 0 Å². The summed E-state index contributed by atoms with van der Waals surface area (Å²) in [7, 11) is 3.84. The lowest BCUT2D eigenvalue weighted by Crippen LogP contribution is -2.49. The minimum Gasteiger partial charge on any atom is -0.385 e. The number of benzene rings is 3. The third-order valence-electron chi connectivity index (χ3n) is 7.61. The van der Waals surface area contributed by atoms with Gasteiger partial charge in [0.2, 0.25) is 0 Å². The number of amides is 1. The number of para-hydroxylation sites is 1. The number of halogens is 1. The minimum atomic E-state index is -0.771. The fourth-order valence-corrected chi connectivity index (χ4v) is 5.72. The highest BCUT2D eigenvalue weighted by Crippen LogP contribution is 2.48. The summed E-state index contributed by atoms with van der Waals surface area (Å²) in [4.78, 5) is 16.5. The number of rotatable bonds is 6. The van der Waals surface area contributed by atoms with Crippen molar-refractivity contribution in [1.82, 2.24) is 9.91 Å². The van der Waals surface area contributed by atoms with Crippen molar-refractivity contribution in [2.24, 2.45) is 0 Å². The molecule has 2 aliphatic rings. The molecule has 1 unspecified atom stereocenters. The third-order valence-corrected chi connectivity index (χ3v) is 7.61. The highest BCUT2D eigenvalue weighted by Gasteiger charge is 2.52. The first kappa shape index (κ1) is 25.4. The molecule has 6 heteroatoms. The zero-order valence-corrected chi connectivity index (χ0v) is 21.2. The van der Waals surface area contributed by atoms with Crippen LogP contribution in [0.3, 0.4) is 0 Å². The lowest BCUT2D eigenvalue weighted by molar-refractivity contribution is -0.124. The Kier molecular flexibility index (Phi) is 7.34. The van der Waals surface area contributed by atoms with Gasteiger partial charge in [0.15, 0.2) is 0 Å². The molecular weight excluding hydrogens is 458 g/mol. The van der Waals surface area contributed by atoms with Crippen molar-refractivity contribution < 1.29 is 9.90 Å². The van der Waals surface area contributed by atoms with Gasteiger partial charge >= 0.3 is 0 Å². The summed E-state index contributed by atoms with van der Waals surface area (Å²) in [6.07, 6.45) is 2.09. The minimum absolute atomic E-state index is 0. The second-order valence-corrected chi connectivity index (χ2v) is 9.74. The zero-order chi connectivity index (χ0) is 23.8. The fourth-order valence-electron chi connectivity index (χ4n) is 5.72. The van der Waals surface area contributed by atoms with Crippen molar-refractivity contribution in [1.29, 1.82) is 0 Å². The Hall–Kier alpha value is -2.70. The molecular formula is C29H34ClN3O2. The molecule has 5 nitrogen and oxygen atoms in total. The van der Waals surface area contributed by atoms with Crippen molar-refractivity contribution in [2.75, 3.05) is 38.7 Å². The van der Waals surface area contributed by atoms with E-state index in [2.05, 4.69) is 23.1 Å². The number of anilines is 1. The van der Waals surface area contributed by atoms with E-state index in [1.165, 1.54) is 0 Å². The van der Waals surface area contributed by atoms with E-state index in [4.69, 9.17) is 0 Å². The number of fused-ring (bicyclic) bond motifs is 1. The summed E-state index contributed by atoms with van der Waals surface area (Å²) in [5.41, 5.74) is 2.56. The van der Waals surface area contributed by atoms with Gasteiger partial charge in [-0.1, -0.05) is 78.9 Å². The SMILES string of the molecule is CN(C)N1C(=O)C(CCN2CCC(O)(c3ccccc3)CC2)(c2ccccc2)c2ccccc21.Cl. The van der Waals surface area contributed by atoms with Gasteiger partial charge in [-0.2, -0.15) is 0 Å². The average molecular weight is 492 g/mol. The van der Waals surface area contributed by atoms with Crippen molar-refractivity contribution in [3.8, 4) is 0 Å². The van der Waals surface area contributed by atoms with Crippen LogP contribution in [0.1, 0.15) is 36.0 Å². The molecule has 1 atom stereocenters. The van der Waals surface area contributed by atoms with E-state index in [-0.39, 0.29) is 18.3 Å². The van der Waals surface area contributed by atoms with E-state index < -0.39 is 11.0 Å². The van der Waals surface area contributed by atoms with Crippen LogP contribution in [0.5, 0.6) is 0 Å². The van der Waals surface area contributed by atoms with Crippen LogP contribution in [0.15, 0.2) is 84.9 Å². The van der Waals surface area contributed by atoms with Crippen molar-refractivity contribution in [3.63, 3.8) is 0 Å². The molecule has 184 valence electrons. The molecule has 2 heterocycles. The van der Waals surface area contributed by atoms with Gasteiger partial charge in [-0.15, -0.1) is 12.4 Å². The van der Waals surface area contributed by atoms with Gasteiger partial charge in [0.05, 0.1) is 11.3 Å². The number of carbonyl (C=O) groups excluding carboxylic acids is 1. The molecule has 1 fully saturated rings. The molecule has 3 aromatic rings. The molecule has 1 N–H and O–H groups in total. The van der Waals surface area contributed by atoms with Crippen LogP contribution in [-0.2, 0) is 15.8 Å². The molecule has 35 heavy (non-hydrogen) atoms. The summed E-state index contributed by atoms with van der Waals surface area (Å²) >= 11 is 0. The van der Waals surface area contributed by atoms with Gasteiger partial charge in [-0.3, -0.25) is 4.79 Å². The standard InChI is InChI=1S/C29H33N3O2.ClH/c1-30(2)32-26-16-10-9-15-25(26)29(27(32)33,24-13-7-4-8-14-24)19-22-31-20-17-28(34,18-21-31)23-11-5-3-6-12-23;/h3-16,34H,17-22H2,1-2H3;1H. The van der Waals surface area contributed by atoms with Crippen molar-refractivity contribution in [2.45, 2.75) is 30.3 Å². The molecule has 1 amide bonds. The number of hydrazine groups is 1. The molecule has 0 saturated carbocycles. The van der Waals surface area contributed by atoms with Crippen molar-refractivity contribution >= 4 is 24.0 Å². The van der Waals surface area contributed by atoms with Crippen LogP contribution in [-0.4, -0.2) is 54.7 Å². The highest BCUT2D eigenvalue weighted by molar-refractivity contribution is 6.09. The van der Waals surface area contributed by atoms with Gasteiger partial charge in [-0.05, 0) is 48.6 Å². The van der Waals surface area contributed by atoms with E-state index in [1.807, 2.05) is 90.8 Å². The maximum atomic E-state index is 14.1. The number of nitrogens with zero attached hydrogens (tertiary/aromatic N) is 3. The van der Waals surface area contributed by atoms with E-state index in [0.29, 0.717) is 19.3 Å². The number of carbonyl (C=O) groups is 1. The topological polar surface area (TPSA) is 47.0 Å². The Labute approximate surface area is 214 Å². The van der Waals surface area contributed by atoms with Crippen LogP contribution in [0.2, 0.25) is 0 Å². The Morgan fingerprint density at radius 1 is 0.829 bits per heavy atom. The van der Waals surface area contributed by atoms with Gasteiger partial charge < -0.3 is 10.0 Å². The number of likely N-dealkylation sites (tertiary alicyclic amines) is 1. The Balaban J connectivity index is 0.00000289. The predicted molar refractivity (Wildman–Crippen MR) is 143 cm³/mol. The number of piperidine rings is 1. The summed E-state index contributed by atoms with van der Waals surface area (Å²) in [6, 6.07) is 28.4. The molecule has 0 aliphatic carbocycles. The van der Waals surface area contributed by atoms with Gasteiger partial charge in [0.1, 0.15) is 5.41 Å². The Morgan fingerprint density at radius 2 is 1.37 bits per heavy atom. The van der Waals surface area contributed by atoms with Crippen LogP contribution < -0.4 is 5.01 Å². The molecule has 0 radical (unpaired) electrons. The first-order chi connectivity index (χ1) is 16.5. The van der Waals surface area contributed by atoms with Crippen LogP contribution in [0, 0.1) is 0 Å². The van der Waals surface area contributed by atoms with E-state index in [0.717, 1.165) is 42.0 Å². The monoisotopic (exact) mass is 491 g/mol. The van der Waals surface area contributed by atoms with Gasteiger partial charge in [-0.25, -0.2) is 10.0 Å². The quantitative estimate of drug-likeness (QED) is 0.548. The summed E-state index contributed by atoms with van der Waals surface area (Å²) in [5, 5.41) is 14.9. The number of hydrogen-bond donors (Lipinski definition) is 1. The van der Waals surface area contributed by atoms with Gasteiger partial charge in [0.25, 0.3) is 5.91 Å². The first-order valence-corrected chi connectivity index (χ1v) is 12.1. The molecule has 0 bridgehead atoms. The fraction of sp³-hybridized carbons (Fsp3) is 0.345. The first-order valence-electron chi connectivity index (χ1n) is 12.1. The normalized spacial score (nSPS) is 21.6. The zero-order valence-electron chi connectivity index (χ0n) is 20.4. The van der Waals surface area contributed by atoms with Crippen molar-refractivity contribution in [3.05, 3.63) is 102 Å². The predicted octanol–water partition coefficient (Wildman–Crippen LogP) is 4.59. The third kappa shape index (κ3) is 4.38. The average Bonchev–Trinajstić information content (AvgIpc) is 3.13. The Morgan fingerprint density at radius 3 is 1.97 bits per heavy atom. The van der Waals surface area contributed by atoms with Gasteiger partial charge in [0, 0.05) is 27.2 Å². The summed E-state index contributed by atoms with van der Waals surface area (Å²) in [5.74, 6) is 0.0997. The molecule has 0 aromatic heterocycles. The van der Waals surface area contributed by atoms with E-state index in [1.54, 1.807) is 0 Å². The van der Waals surface area contributed by atoms with Crippen LogP contribution in [0.4, 0.5) is 5.69 Å². The highest BCUT2D eigenvalue weighted by atomic mass is 35.5. The second kappa shape index (κ2) is 10.1. The summed E-state index contributed by atoms with van der Waals surface area (Å²) in [6.45, 7) is 2.41. The molecule has 5 rings (SSSR count). The molecule has 3 aromatic carbocycles. The number of aliphatic hydroxyl groups is 1. The maximum Gasteiger partial charge on any atom is 0.256 e. The van der Waals surface area contributed by atoms with E-state index in [9.17, 15) is 9.90 Å². The second-order valence-electron chi connectivity index (χ2n) is 9.74. The van der Waals surface area contributed by atoms with E-state index >= 15 is 0 Å². The smallest absolute Gasteiger partial charge is 0.256 e. The lowest BCUT2D eigenvalue weighted by Gasteiger charge is -2.40. The lowest BCUT2D eigenvalue weighted by atomic mass is 9.72. The molecule has 1 saturated heterocycles. The Bertz CT molecular complexity index is 1150. The number of hydrogen-bond acceptors (Lipinski definition) is 4. The summed E-state index contributed by atoms with van der Waals surface area (Å²) < 4.78 is 0. The molecule has 0 spiro atoms. The largest absolute Gasteiger partial charge is 0.385 e. The molecule has 2 aliphatic heterocycles. The maximum absolute atomic E-state index is 14.1.